The second kappa shape index (κ2) is 3.24. The average Bonchev–Trinajstić information content (AvgIpc) is 2.03. The van der Waals surface area contributed by atoms with Gasteiger partial charge >= 0.3 is 0 Å². The Morgan fingerprint density at radius 3 is 3.08 bits per heavy atom. The van der Waals surface area contributed by atoms with Crippen molar-refractivity contribution in [2.24, 2.45) is 0 Å². The Labute approximate surface area is 88.4 Å². The van der Waals surface area contributed by atoms with Gasteiger partial charge in [-0.05, 0) is 42.4 Å². The van der Waals surface area contributed by atoms with E-state index in [0.717, 1.165) is 15.1 Å². The monoisotopic (exact) mass is 260 g/mol. The number of thiocarbonyl (C=S) groups is 1. The first-order chi connectivity index (χ1) is 5.75. The molecule has 1 aromatic rings. The molecule has 5 heteroatoms. The minimum Gasteiger partial charge on any atom is -0.331 e. The molecule has 1 aliphatic heterocycles. The van der Waals surface area contributed by atoms with Gasteiger partial charge in [0.25, 0.3) is 0 Å². The molecule has 1 heterocycles. The number of hydrogen-bond acceptors (Lipinski definition) is 2. The molecule has 0 atom stereocenters. The van der Waals surface area contributed by atoms with E-state index in [4.69, 9.17) is 12.2 Å². The van der Waals surface area contributed by atoms with E-state index in [0.29, 0.717) is 5.11 Å². The van der Waals surface area contributed by atoms with E-state index in [1.165, 1.54) is 11.9 Å². The Hall–Kier alpha value is -0.260. The van der Waals surface area contributed by atoms with Gasteiger partial charge in [-0.2, -0.15) is 0 Å². The zero-order valence-corrected chi connectivity index (χ0v) is 9.15. The lowest BCUT2D eigenvalue weighted by Crippen LogP contribution is -2.26. The maximum absolute atomic E-state index is 4.97. The standard InChI is InChI=1S/C7H5BrN2S2/c8-4-1-2-6-5(3-4)9-7(11)10-12-6/h1-3H,(H2,9,10,11). The zero-order chi connectivity index (χ0) is 8.55. The topological polar surface area (TPSA) is 24.1 Å². The third kappa shape index (κ3) is 1.57. The van der Waals surface area contributed by atoms with Crippen molar-refractivity contribution >= 4 is 50.9 Å². The summed E-state index contributed by atoms with van der Waals surface area (Å²) in [5.74, 6) is 0. The van der Waals surface area contributed by atoms with Gasteiger partial charge in [0.15, 0.2) is 5.11 Å². The van der Waals surface area contributed by atoms with Gasteiger partial charge < -0.3 is 10.0 Å². The summed E-state index contributed by atoms with van der Waals surface area (Å²) in [6.07, 6.45) is 0. The first-order valence-corrected chi connectivity index (χ1v) is 5.31. The molecule has 1 aliphatic rings. The number of benzene rings is 1. The van der Waals surface area contributed by atoms with E-state index in [2.05, 4.69) is 26.0 Å². The fraction of sp³-hybridized carbons (Fsp3) is 0. The van der Waals surface area contributed by atoms with Crippen molar-refractivity contribution in [3.63, 3.8) is 0 Å². The van der Waals surface area contributed by atoms with Crippen LogP contribution in [0.3, 0.4) is 0 Å². The zero-order valence-electron chi connectivity index (χ0n) is 5.93. The first kappa shape index (κ1) is 8.34. The number of halogens is 1. The predicted octanol–water partition coefficient (Wildman–Crippen LogP) is 2.76. The molecule has 0 aromatic heterocycles. The Kier molecular flexibility index (Phi) is 2.25. The SMILES string of the molecule is S=C1NSc2ccc(Br)cc2N1. The minimum absolute atomic E-state index is 0.658. The minimum atomic E-state index is 0.658. The number of fused-ring (bicyclic) bond motifs is 1. The second-order valence-electron chi connectivity index (χ2n) is 2.30. The average molecular weight is 261 g/mol. The maximum Gasteiger partial charge on any atom is 0.181 e. The highest BCUT2D eigenvalue weighted by Crippen LogP contribution is 2.31. The Morgan fingerprint density at radius 2 is 2.25 bits per heavy atom. The molecule has 12 heavy (non-hydrogen) atoms. The fourth-order valence-corrected chi connectivity index (χ4v) is 2.14. The third-order valence-electron chi connectivity index (χ3n) is 1.44. The van der Waals surface area contributed by atoms with Gasteiger partial charge in [0.1, 0.15) is 0 Å². The number of rotatable bonds is 0. The predicted molar refractivity (Wildman–Crippen MR) is 59.4 cm³/mol. The largest absolute Gasteiger partial charge is 0.331 e. The molecule has 62 valence electrons. The molecular formula is C7H5BrN2S2. The summed E-state index contributed by atoms with van der Waals surface area (Å²) < 4.78 is 4.03. The van der Waals surface area contributed by atoms with Gasteiger partial charge in [-0.3, -0.25) is 0 Å². The summed E-state index contributed by atoms with van der Waals surface area (Å²) in [6.45, 7) is 0. The highest BCUT2D eigenvalue weighted by molar-refractivity contribution is 9.10. The van der Waals surface area contributed by atoms with E-state index in [1.807, 2.05) is 18.2 Å². The molecule has 2 N–H and O–H groups in total. The molecule has 0 saturated carbocycles. The van der Waals surface area contributed by atoms with Gasteiger partial charge in [0, 0.05) is 4.47 Å². The Morgan fingerprint density at radius 1 is 1.42 bits per heavy atom. The molecule has 0 bridgehead atoms. The molecule has 0 aliphatic carbocycles. The van der Waals surface area contributed by atoms with Crippen LogP contribution in [0, 0.1) is 0 Å². The maximum atomic E-state index is 4.97. The summed E-state index contributed by atoms with van der Waals surface area (Å²) >= 11 is 9.90. The van der Waals surface area contributed by atoms with E-state index in [1.54, 1.807) is 0 Å². The van der Waals surface area contributed by atoms with Gasteiger partial charge in [-0.25, -0.2) is 0 Å². The lowest BCUT2D eigenvalue weighted by Gasteiger charge is -2.18. The number of anilines is 1. The lowest BCUT2D eigenvalue weighted by molar-refractivity contribution is 1.35. The van der Waals surface area contributed by atoms with Crippen molar-refractivity contribution in [1.82, 2.24) is 4.72 Å². The normalized spacial score (nSPS) is 14.6. The molecule has 0 fully saturated rings. The van der Waals surface area contributed by atoms with Crippen LogP contribution >= 0.6 is 40.1 Å². The molecule has 0 amide bonds. The molecule has 2 rings (SSSR count). The quantitative estimate of drug-likeness (QED) is 0.554. The summed E-state index contributed by atoms with van der Waals surface area (Å²) in [5.41, 5.74) is 1.05. The van der Waals surface area contributed by atoms with Crippen molar-refractivity contribution in [3.05, 3.63) is 22.7 Å². The molecule has 0 unspecified atom stereocenters. The van der Waals surface area contributed by atoms with Crippen LogP contribution in [0.15, 0.2) is 27.6 Å². The van der Waals surface area contributed by atoms with Gasteiger partial charge in [-0.1, -0.05) is 15.9 Å². The van der Waals surface area contributed by atoms with E-state index < -0.39 is 0 Å². The van der Waals surface area contributed by atoms with Gasteiger partial charge in [-0.15, -0.1) is 0 Å². The Balaban J connectivity index is 2.44. The van der Waals surface area contributed by atoms with Gasteiger partial charge in [0.05, 0.1) is 10.6 Å². The van der Waals surface area contributed by atoms with E-state index in [-0.39, 0.29) is 0 Å². The summed E-state index contributed by atoms with van der Waals surface area (Å²) in [4.78, 5) is 1.16. The number of hydrogen-bond donors (Lipinski definition) is 2. The van der Waals surface area contributed by atoms with Crippen LogP contribution in [0.4, 0.5) is 5.69 Å². The van der Waals surface area contributed by atoms with Gasteiger partial charge in [0.2, 0.25) is 0 Å². The van der Waals surface area contributed by atoms with Crippen LogP contribution in [0.1, 0.15) is 0 Å². The number of nitrogens with one attached hydrogen (secondary N) is 2. The smallest absolute Gasteiger partial charge is 0.181 e. The highest BCUT2D eigenvalue weighted by atomic mass is 79.9. The fourth-order valence-electron chi connectivity index (χ4n) is 0.938. The summed E-state index contributed by atoms with van der Waals surface area (Å²) in [7, 11) is 0. The van der Waals surface area contributed by atoms with E-state index in [9.17, 15) is 0 Å². The van der Waals surface area contributed by atoms with Crippen LogP contribution in [0.2, 0.25) is 0 Å². The first-order valence-electron chi connectivity index (χ1n) is 3.29. The molecule has 0 saturated heterocycles. The highest BCUT2D eigenvalue weighted by Gasteiger charge is 2.11. The lowest BCUT2D eigenvalue weighted by atomic mass is 10.3. The van der Waals surface area contributed by atoms with Crippen LogP contribution in [0.25, 0.3) is 0 Å². The molecule has 0 radical (unpaired) electrons. The van der Waals surface area contributed by atoms with Crippen LogP contribution in [-0.2, 0) is 0 Å². The van der Waals surface area contributed by atoms with Crippen LogP contribution in [-0.4, -0.2) is 5.11 Å². The van der Waals surface area contributed by atoms with Crippen molar-refractivity contribution in [2.45, 2.75) is 4.90 Å². The molecule has 0 spiro atoms. The van der Waals surface area contributed by atoms with Crippen molar-refractivity contribution < 1.29 is 0 Å². The van der Waals surface area contributed by atoms with Crippen molar-refractivity contribution in [3.8, 4) is 0 Å². The summed E-state index contributed by atoms with van der Waals surface area (Å²) in [5, 5.41) is 3.73. The second-order valence-corrected chi connectivity index (χ2v) is 4.47. The van der Waals surface area contributed by atoms with Crippen LogP contribution < -0.4 is 10.0 Å². The van der Waals surface area contributed by atoms with E-state index >= 15 is 0 Å². The molecule has 1 aromatic carbocycles. The van der Waals surface area contributed by atoms with Crippen molar-refractivity contribution in [2.75, 3.05) is 5.32 Å². The van der Waals surface area contributed by atoms with Crippen molar-refractivity contribution in [1.29, 1.82) is 0 Å². The van der Waals surface area contributed by atoms with Crippen LogP contribution in [0.5, 0.6) is 0 Å². The third-order valence-corrected chi connectivity index (χ3v) is 3.15. The summed E-state index contributed by atoms with van der Waals surface area (Å²) in [6, 6.07) is 6.05. The molecular weight excluding hydrogens is 256 g/mol. The Bertz CT molecular complexity index is 340. The molecule has 2 nitrogen and oxygen atoms in total.